The Bertz CT molecular complexity index is 461. The monoisotopic (exact) mass is 291 g/mol. The highest BCUT2D eigenvalue weighted by molar-refractivity contribution is 5.78. The Balaban J connectivity index is 1.77. The Labute approximate surface area is 126 Å². The van der Waals surface area contributed by atoms with E-state index in [9.17, 15) is 15.0 Å². The topological polar surface area (TPSA) is 69.6 Å². The number of nitrogens with one attached hydrogen (secondary N) is 1. The van der Waals surface area contributed by atoms with E-state index in [0.29, 0.717) is 6.54 Å². The highest BCUT2D eigenvalue weighted by Gasteiger charge is 2.32. The molecule has 0 radical (unpaired) electrons. The molecule has 0 unspecified atom stereocenters. The number of hydrogen-bond donors (Lipinski definition) is 3. The van der Waals surface area contributed by atoms with Gasteiger partial charge in [-0.1, -0.05) is 25.5 Å². The van der Waals surface area contributed by atoms with Crippen molar-refractivity contribution in [2.45, 2.75) is 51.0 Å². The average molecular weight is 291 g/mol. The maximum Gasteiger partial charge on any atom is 0.224 e. The fourth-order valence-electron chi connectivity index (χ4n) is 2.92. The molecular weight excluding hydrogens is 266 g/mol. The summed E-state index contributed by atoms with van der Waals surface area (Å²) >= 11 is 0. The quantitative estimate of drug-likeness (QED) is 0.780. The summed E-state index contributed by atoms with van der Waals surface area (Å²) in [5.74, 6) is 0.825. The van der Waals surface area contributed by atoms with Gasteiger partial charge in [0.15, 0.2) is 0 Å². The van der Waals surface area contributed by atoms with Crippen LogP contribution < -0.4 is 5.32 Å². The van der Waals surface area contributed by atoms with Crippen molar-refractivity contribution in [2.24, 2.45) is 5.92 Å². The Morgan fingerprint density at radius 2 is 1.90 bits per heavy atom. The molecule has 1 aliphatic carbocycles. The van der Waals surface area contributed by atoms with Crippen LogP contribution in [0.25, 0.3) is 0 Å². The second-order valence-electron chi connectivity index (χ2n) is 6.20. The van der Waals surface area contributed by atoms with Crippen molar-refractivity contribution in [3.05, 3.63) is 29.8 Å². The van der Waals surface area contributed by atoms with E-state index < -0.39 is 5.60 Å². The van der Waals surface area contributed by atoms with Gasteiger partial charge in [0, 0.05) is 6.54 Å². The lowest BCUT2D eigenvalue weighted by Gasteiger charge is -2.35. The maximum absolute atomic E-state index is 11.9. The van der Waals surface area contributed by atoms with Gasteiger partial charge >= 0.3 is 0 Å². The molecule has 1 aromatic carbocycles. The van der Waals surface area contributed by atoms with Gasteiger partial charge < -0.3 is 15.5 Å². The van der Waals surface area contributed by atoms with E-state index >= 15 is 0 Å². The molecule has 0 spiro atoms. The van der Waals surface area contributed by atoms with Crippen molar-refractivity contribution in [1.29, 1.82) is 0 Å². The van der Waals surface area contributed by atoms with Crippen LogP contribution in [0.3, 0.4) is 0 Å². The molecule has 0 aromatic heterocycles. The summed E-state index contributed by atoms with van der Waals surface area (Å²) in [6.45, 7) is 2.52. The first kappa shape index (κ1) is 15.8. The molecule has 0 aliphatic heterocycles. The van der Waals surface area contributed by atoms with Gasteiger partial charge in [-0.05, 0) is 49.3 Å². The molecule has 1 aliphatic rings. The number of hydrogen-bond acceptors (Lipinski definition) is 3. The Hall–Kier alpha value is -1.55. The number of phenols is 1. The number of rotatable bonds is 5. The first-order chi connectivity index (χ1) is 10.0. The lowest BCUT2D eigenvalue weighted by molar-refractivity contribution is -0.122. The largest absolute Gasteiger partial charge is 0.508 e. The zero-order valence-corrected chi connectivity index (χ0v) is 12.6. The molecule has 116 valence electrons. The van der Waals surface area contributed by atoms with Gasteiger partial charge in [0.25, 0.3) is 0 Å². The highest BCUT2D eigenvalue weighted by atomic mass is 16.3. The third kappa shape index (κ3) is 4.74. The summed E-state index contributed by atoms with van der Waals surface area (Å²) in [6, 6.07) is 6.61. The zero-order chi connectivity index (χ0) is 15.3. The van der Waals surface area contributed by atoms with Crippen LogP contribution >= 0.6 is 0 Å². The van der Waals surface area contributed by atoms with Crippen molar-refractivity contribution in [1.82, 2.24) is 5.32 Å². The van der Waals surface area contributed by atoms with Crippen LogP contribution in [0.15, 0.2) is 24.3 Å². The number of phenolic OH excluding ortho intramolecular Hbond substituents is 1. The number of amides is 1. The third-order valence-electron chi connectivity index (χ3n) is 4.53. The second kappa shape index (κ2) is 6.94. The molecule has 21 heavy (non-hydrogen) atoms. The molecule has 1 saturated carbocycles. The lowest BCUT2D eigenvalue weighted by Crippen LogP contribution is -2.45. The number of aromatic hydroxyl groups is 1. The minimum absolute atomic E-state index is 0.0910. The zero-order valence-electron chi connectivity index (χ0n) is 12.6. The summed E-state index contributed by atoms with van der Waals surface area (Å²) in [4.78, 5) is 11.9. The number of benzene rings is 1. The molecule has 2 rings (SSSR count). The van der Waals surface area contributed by atoms with Crippen molar-refractivity contribution in [3.8, 4) is 5.75 Å². The van der Waals surface area contributed by atoms with Gasteiger partial charge in [-0.25, -0.2) is 0 Å². The smallest absolute Gasteiger partial charge is 0.224 e. The summed E-state index contributed by atoms with van der Waals surface area (Å²) < 4.78 is 0. The average Bonchev–Trinajstić information content (AvgIpc) is 2.49. The van der Waals surface area contributed by atoms with Crippen LogP contribution in [-0.4, -0.2) is 28.3 Å². The number of carbonyl (C=O) groups is 1. The summed E-state index contributed by atoms with van der Waals surface area (Å²) in [5, 5.41) is 22.5. The summed E-state index contributed by atoms with van der Waals surface area (Å²) in [7, 11) is 0. The normalized spacial score (nSPS) is 25.5. The molecule has 0 saturated heterocycles. The molecular formula is C17H25NO3. The molecule has 4 heteroatoms. The second-order valence-corrected chi connectivity index (χ2v) is 6.20. The van der Waals surface area contributed by atoms with E-state index in [2.05, 4.69) is 12.2 Å². The van der Waals surface area contributed by atoms with Crippen LogP contribution in [0, 0.1) is 5.92 Å². The number of carbonyl (C=O) groups excluding carboxylic acids is 1. The van der Waals surface area contributed by atoms with E-state index in [1.165, 1.54) is 6.42 Å². The van der Waals surface area contributed by atoms with Gasteiger partial charge in [0.1, 0.15) is 5.75 Å². The van der Waals surface area contributed by atoms with Crippen LogP contribution in [0.1, 0.15) is 44.6 Å². The van der Waals surface area contributed by atoms with E-state index in [-0.39, 0.29) is 18.1 Å². The summed E-state index contributed by atoms with van der Waals surface area (Å²) in [5.41, 5.74) is 0.114. The summed E-state index contributed by atoms with van der Waals surface area (Å²) in [6.07, 6.45) is 5.06. The van der Waals surface area contributed by atoms with Gasteiger partial charge in [-0.15, -0.1) is 0 Å². The van der Waals surface area contributed by atoms with Gasteiger partial charge in [0.05, 0.1) is 12.0 Å². The Morgan fingerprint density at radius 1 is 1.29 bits per heavy atom. The van der Waals surface area contributed by atoms with Crippen molar-refractivity contribution < 1.29 is 15.0 Å². The molecule has 1 aromatic rings. The molecule has 0 atom stereocenters. The molecule has 1 fully saturated rings. The minimum atomic E-state index is -0.740. The SMILES string of the molecule is CCC1CCC(O)(CNC(=O)Cc2ccc(O)cc2)CC1. The fraction of sp³-hybridized carbons (Fsp3) is 0.588. The maximum atomic E-state index is 11.9. The van der Waals surface area contributed by atoms with Crippen molar-refractivity contribution >= 4 is 5.91 Å². The Kier molecular flexibility index (Phi) is 5.23. The highest BCUT2D eigenvalue weighted by Crippen LogP contribution is 2.33. The van der Waals surface area contributed by atoms with Gasteiger partial charge in [-0.3, -0.25) is 4.79 Å². The first-order valence-electron chi connectivity index (χ1n) is 7.78. The van der Waals surface area contributed by atoms with Crippen LogP contribution in [-0.2, 0) is 11.2 Å². The Morgan fingerprint density at radius 3 is 2.48 bits per heavy atom. The molecule has 4 nitrogen and oxygen atoms in total. The van der Waals surface area contributed by atoms with E-state index in [1.807, 2.05) is 0 Å². The first-order valence-corrected chi connectivity index (χ1v) is 7.78. The van der Waals surface area contributed by atoms with E-state index in [0.717, 1.165) is 37.2 Å². The van der Waals surface area contributed by atoms with Crippen LogP contribution in [0.5, 0.6) is 5.75 Å². The molecule has 1 amide bonds. The standard InChI is InChI=1S/C17H25NO3/c1-2-13-7-9-17(21,10-8-13)12-18-16(20)11-14-3-5-15(19)6-4-14/h3-6,13,19,21H,2,7-12H2,1H3,(H,18,20). The van der Waals surface area contributed by atoms with E-state index in [1.54, 1.807) is 24.3 Å². The fourth-order valence-corrected chi connectivity index (χ4v) is 2.92. The molecule has 0 bridgehead atoms. The third-order valence-corrected chi connectivity index (χ3v) is 4.53. The van der Waals surface area contributed by atoms with Crippen LogP contribution in [0.4, 0.5) is 0 Å². The van der Waals surface area contributed by atoms with Crippen molar-refractivity contribution in [3.63, 3.8) is 0 Å². The molecule has 3 N–H and O–H groups in total. The van der Waals surface area contributed by atoms with E-state index in [4.69, 9.17) is 0 Å². The van der Waals surface area contributed by atoms with Gasteiger partial charge in [-0.2, -0.15) is 0 Å². The predicted octanol–water partition coefficient (Wildman–Crippen LogP) is 2.38. The van der Waals surface area contributed by atoms with Gasteiger partial charge in [0.2, 0.25) is 5.91 Å². The number of aliphatic hydroxyl groups is 1. The minimum Gasteiger partial charge on any atom is -0.508 e. The lowest BCUT2D eigenvalue weighted by atomic mass is 9.78. The molecule has 0 heterocycles. The predicted molar refractivity (Wildman–Crippen MR) is 82.0 cm³/mol. The van der Waals surface area contributed by atoms with Crippen molar-refractivity contribution in [2.75, 3.05) is 6.54 Å². The van der Waals surface area contributed by atoms with Crippen LogP contribution in [0.2, 0.25) is 0 Å².